The molecular weight excluding hydrogens is 250 g/mol. The SMILES string of the molecule is CCNC(=O)N1CCN(C(=O)c2ccsc2)CC1. The zero-order valence-electron chi connectivity index (χ0n) is 10.4. The first-order valence-electron chi connectivity index (χ1n) is 6.06. The van der Waals surface area contributed by atoms with Crippen LogP contribution in [0.3, 0.4) is 0 Å². The van der Waals surface area contributed by atoms with Gasteiger partial charge in [0.15, 0.2) is 0 Å². The zero-order valence-corrected chi connectivity index (χ0v) is 11.2. The van der Waals surface area contributed by atoms with Gasteiger partial charge in [0.25, 0.3) is 5.91 Å². The predicted octanol–water partition coefficient (Wildman–Crippen LogP) is 1.24. The third-order valence-corrected chi connectivity index (χ3v) is 3.63. The first-order chi connectivity index (χ1) is 8.72. The number of piperazine rings is 1. The molecule has 0 unspecified atom stereocenters. The highest BCUT2D eigenvalue weighted by Gasteiger charge is 2.24. The van der Waals surface area contributed by atoms with Crippen molar-refractivity contribution in [3.8, 4) is 0 Å². The number of hydrogen-bond acceptors (Lipinski definition) is 3. The number of hydrogen-bond donors (Lipinski definition) is 1. The molecule has 1 N–H and O–H groups in total. The molecule has 0 aromatic carbocycles. The second kappa shape index (κ2) is 5.86. The summed E-state index contributed by atoms with van der Waals surface area (Å²) in [5.74, 6) is 0.0619. The highest BCUT2D eigenvalue weighted by molar-refractivity contribution is 7.08. The Morgan fingerprint density at radius 3 is 2.50 bits per heavy atom. The van der Waals surface area contributed by atoms with E-state index < -0.39 is 0 Å². The minimum absolute atomic E-state index is 0.0415. The fourth-order valence-corrected chi connectivity index (χ4v) is 2.57. The fraction of sp³-hybridized carbons (Fsp3) is 0.500. The van der Waals surface area contributed by atoms with E-state index >= 15 is 0 Å². The second-order valence-corrected chi connectivity index (χ2v) is 4.91. The predicted molar refractivity (Wildman–Crippen MR) is 70.9 cm³/mol. The highest BCUT2D eigenvalue weighted by Crippen LogP contribution is 2.11. The summed E-state index contributed by atoms with van der Waals surface area (Å²) in [6.07, 6.45) is 0. The Morgan fingerprint density at radius 1 is 1.28 bits per heavy atom. The molecule has 5 nitrogen and oxygen atoms in total. The smallest absolute Gasteiger partial charge is 0.317 e. The zero-order chi connectivity index (χ0) is 13.0. The van der Waals surface area contributed by atoms with Crippen LogP contribution in [0.4, 0.5) is 4.79 Å². The molecule has 0 saturated carbocycles. The average Bonchev–Trinajstić information content (AvgIpc) is 2.92. The van der Waals surface area contributed by atoms with Gasteiger partial charge < -0.3 is 15.1 Å². The van der Waals surface area contributed by atoms with Crippen molar-refractivity contribution in [3.05, 3.63) is 22.4 Å². The van der Waals surface area contributed by atoms with Gasteiger partial charge >= 0.3 is 6.03 Å². The van der Waals surface area contributed by atoms with E-state index in [0.717, 1.165) is 5.56 Å². The summed E-state index contributed by atoms with van der Waals surface area (Å²) >= 11 is 1.52. The summed E-state index contributed by atoms with van der Waals surface area (Å²) in [4.78, 5) is 27.2. The van der Waals surface area contributed by atoms with Gasteiger partial charge in [-0.3, -0.25) is 4.79 Å². The van der Waals surface area contributed by atoms with Crippen molar-refractivity contribution >= 4 is 23.3 Å². The molecule has 18 heavy (non-hydrogen) atoms. The summed E-state index contributed by atoms with van der Waals surface area (Å²) in [7, 11) is 0. The Balaban J connectivity index is 1.87. The molecule has 1 aliphatic heterocycles. The van der Waals surface area contributed by atoms with E-state index in [1.54, 1.807) is 9.80 Å². The standard InChI is InChI=1S/C12H17N3O2S/c1-2-13-12(17)15-6-4-14(5-7-15)11(16)10-3-8-18-9-10/h3,8-9H,2,4-7H2,1H3,(H,13,17). The Labute approximate surface area is 110 Å². The highest BCUT2D eigenvalue weighted by atomic mass is 32.1. The van der Waals surface area contributed by atoms with Gasteiger partial charge in [-0.2, -0.15) is 11.3 Å². The lowest BCUT2D eigenvalue weighted by Gasteiger charge is -2.34. The maximum absolute atomic E-state index is 12.1. The summed E-state index contributed by atoms with van der Waals surface area (Å²) in [5, 5.41) is 6.53. The molecule has 2 heterocycles. The van der Waals surface area contributed by atoms with Crippen LogP contribution in [0.15, 0.2) is 16.8 Å². The minimum atomic E-state index is -0.0415. The van der Waals surface area contributed by atoms with Crippen molar-refractivity contribution in [1.82, 2.24) is 15.1 Å². The molecule has 1 aromatic rings. The molecule has 0 bridgehead atoms. The van der Waals surface area contributed by atoms with Gasteiger partial charge in [-0.05, 0) is 18.4 Å². The lowest BCUT2D eigenvalue weighted by molar-refractivity contribution is 0.0666. The summed E-state index contributed by atoms with van der Waals surface area (Å²) in [6.45, 7) is 4.93. The minimum Gasteiger partial charge on any atom is -0.338 e. The van der Waals surface area contributed by atoms with E-state index in [0.29, 0.717) is 32.7 Å². The topological polar surface area (TPSA) is 52.7 Å². The van der Waals surface area contributed by atoms with E-state index in [1.807, 2.05) is 23.8 Å². The molecule has 0 radical (unpaired) electrons. The lowest BCUT2D eigenvalue weighted by Crippen LogP contribution is -2.53. The maximum atomic E-state index is 12.1. The molecule has 0 spiro atoms. The van der Waals surface area contributed by atoms with E-state index in [-0.39, 0.29) is 11.9 Å². The first kappa shape index (κ1) is 12.9. The Morgan fingerprint density at radius 2 is 1.94 bits per heavy atom. The molecule has 1 aromatic heterocycles. The second-order valence-electron chi connectivity index (χ2n) is 4.13. The molecule has 0 aliphatic carbocycles. The van der Waals surface area contributed by atoms with Gasteiger partial charge in [-0.15, -0.1) is 0 Å². The molecule has 3 amide bonds. The van der Waals surface area contributed by atoms with Crippen LogP contribution < -0.4 is 5.32 Å². The molecule has 2 rings (SSSR count). The molecular formula is C12H17N3O2S. The van der Waals surface area contributed by atoms with Crippen LogP contribution in [-0.4, -0.2) is 54.5 Å². The molecule has 6 heteroatoms. The maximum Gasteiger partial charge on any atom is 0.317 e. The van der Waals surface area contributed by atoms with Crippen molar-refractivity contribution in [3.63, 3.8) is 0 Å². The van der Waals surface area contributed by atoms with Crippen LogP contribution in [0.1, 0.15) is 17.3 Å². The Bertz CT molecular complexity index is 411. The quantitative estimate of drug-likeness (QED) is 0.876. The van der Waals surface area contributed by atoms with Gasteiger partial charge in [-0.1, -0.05) is 0 Å². The van der Waals surface area contributed by atoms with Crippen LogP contribution in [-0.2, 0) is 0 Å². The van der Waals surface area contributed by atoms with Gasteiger partial charge in [-0.25, -0.2) is 4.79 Å². The number of nitrogens with one attached hydrogen (secondary N) is 1. The van der Waals surface area contributed by atoms with Crippen LogP contribution in [0.2, 0.25) is 0 Å². The fourth-order valence-electron chi connectivity index (χ4n) is 1.94. The van der Waals surface area contributed by atoms with E-state index in [9.17, 15) is 9.59 Å². The third-order valence-electron chi connectivity index (χ3n) is 2.95. The van der Waals surface area contributed by atoms with Crippen molar-refractivity contribution < 1.29 is 9.59 Å². The van der Waals surface area contributed by atoms with Crippen molar-refractivity contribution in [2.24, 2.45) is 0 Å². The van der Waals surface area contributed by atoms with Crippen LogP contribution in [0.5, 0.6) is 0 Å². The van der Waals surface area contributed by atoms with Crippen molar-refractivity contribution in [2.75, 3.05) is 32.7 Å². The molecule has 98 valence electrons. The molecule has 1 aliphatic rings. The van der Waals surface area contributed by atoms with E-state index in [2.05, 4.69) is 5.32 Å². The lowest BCUT2D eigenvalue weighted by atomic mass is 10.2. The normalized spacial score (nSPS) is 15.6. The van der Waals surface area contributed by atoms with Crippen molar-refractivity contribution in [1.29, 1.82) is 0 Å². The molecule has 1 saturated heterocycles. The van der Waals surface area contributed by atoms with Gasteiger partial charge in [0.1, 0.15) is 0 Å². The van der Waals surface area contributed by atoms with Crippen LogP contribution in [0, 0.1) is 0 Å². The number of rotatable bonds is 2. The van der Waals surface area contributed by atoms with Crippen molar-refractivity contribution in [2.45, 2.75) is 6.92 Å². The van der Waals surface area contributed by atoms with Gasteiger partial charge in [0.05, 0.1) is 5.56 Å². The first-order valence-corrected chi connectivity index (χ1v) is 7.01. The molecule has 0 atom stereocenters. The largest absolute Gasteiger partial charge is 0.338 e. The number of nitrogens with zero attached hydrogens (tertiary/aromatic N) is 2. The van der Waals surface area contributed by atoms with Gasteiger partial charge in [0, 0.05) is 38.1 Å². The van der Waals surface area contributed by atoms with E-state index in [1.165, 1.54) is 11.3 Å². The number of carbonyl (C=O) groups is 2. The molecule has 1 fully saturated rings. The Hall–Kier alpha value is -1.56. The Kier molecular flexibility index (Phi) is 4.19. The van der Waals surface area contributed by atoms with Crippen LogP contribution >= 0.6 is 11.3 Å². The summed E-state index contributed by atoms with van der Waals surface area (Å²) < 4.78 is 0. The average molecular weight is 267 g/mol. The van der Waals surface area contributed by atoms with Crippen LogP contribution in [0.25, 0.3) is 0 Å². The third kappa shape index (κ3) is 2.81. The van der Waals surface area contributed by atoms with E-state index in [4.69, 9.17) is 0 Å². The number of urea groups is 1. The summed E-state index contributed by atoms with van der Waals surface area (Å²) in [5.41, 5.74) is 0.742. The summed E-state index contributed by atoms with van der Waals surface area (Å²) in [6, 6.07) is 1.79. The number of carbonyl (C=O) groups excluding carboxylic acids is 2. The number of amides is 3. The monoisotopic (exact) mass is 267 g/mol. The van der Waals surface area contributed by atoms with Gasteiger partial charge in [0.2, 0.25) is 0 Å². The number of thiophene rings is 1.